The molecule has 2 rings (SSSR count). The Bertz CT molecular complexity index is 273. The minimum absolute atomic E-state index is 0.848. The maximum absolute atomic E-state index is 4.10. The molecule has 0 aliphatic carbocycles. The lowest BCUT2D eigenvalue weighted by Gasteiger charge is -1.84. The van der Waals surface area contributed by atoms with E-state index in [0.717, 1.165) is 11.4 Å². The van der Waals surface area contributed by atoms with E-state index in [2.05, 4.69) is 14.9 Å². The van der Waals surface area contributed by atoms with E-state index in [0.29, 0.717) is 0 Å². The third kappa shape index (κ3) is 0.823. The second-order valence-corrected chi connectivity index (χ2v) is 2.47. The smallest absolute Gasteiger partial charge is 0.114 e. The normalized spacial score (nSPS) is 15.0. The molecule has 2 heterocycles. The van der Waals surface area contributed by atoms with E-state index in [-0.39, 0.29) is 0 Å². The standard InChI is InChI=1S/C6H4N3S/c1-3-7-8-5(1)6-2-4-10-9-6/h1-4H. The molecule has 1 aromatic rings. The lowest BCUT2D eigenvalue weighted by Crippen LogP contribution is -1.93. The van der Waals surface area contributed by atoms with Crippen LogP contribution in [0.3, 0.4) is 0 Å². The topological polar surface area (TPSA) is 39.4 Å². The van der Waals surface area contributed by atoms with Gasteiger partial charge in [0.05, 0.1) is 6.20 Å². The summed E-state index contributed by atoms with van der Waals surface area (Å²) in [6.45, 7) is 0. The van der Waals surface area contributed by atoms with Crippen LogP contribution in [0.2, 0.25) is 0 Å². The van der Waals surface area contributed by atoms with Crippen molar-refractivity contribution in [3.63, 3.8) is 0 Å². The maximum atomic E-state index is 4.10. The van der Waals surface area contributed by atoms with E-state index in [1.54, 1.807) is 6.20 Å². The molecule has 3 nitrogen and oxygen atoms in total. The summed E-state index contributed by atoms with van der Waals surface area (Å²) in [5, 5.41) is 5.77. The lowest BCUT2D eigenvalue weighted by molar-refractivity contribution is 0.971. The highest BCUT2D eigenvalue weighted by Gasteiger charge is 2.04. The molecule has 1 aliphatic rings. The molecule has 0 saturated carbocycles. The van der Waals surface area contributed by atoms with Crippen molar-refractivity contribution in [2.75, 3.05) is 0 Å². The first kappa shape index (κ1) is 5.61. The second kappa shape index (κ2) is 2.22. The number of hydrogen-bond acceptors (Lipinski definition) is 3. The summed E-state index contributed by atoms with van der Waals surface area (Å²) in [5.41, 5.74) is 5.45. The number of hydrogen-bond donors (Lipinski definition) is 0. The van der Waals surface area contributed by atoms with Gasteiger partial charge < -0.3 is 0 Å². The van der Waals surface area contributed by atoms with Crippen LogP contribution in [0.15, 0.2) is 28.8 Å². The van der Waals surface area contributed by atoms with Gasteiger partial charge in [0.1, 0.15) is 11.4 Å². The SMILES string of the molecule is C1=CC(c2ccsn2)=N[N]1. The van der Waals surface area contributed by atoms with Gasteiger partial charge in [-0.3, -0.25) is 0 Å². The van der Waals surface area contributed by atoms with Crippen LogP contribution in [0, 0.1) is 0 Å². The van der Waals surface area contributed by atoms with Crippen molar-refractivity contribution in [2.45, 2.75) is 0 Å². The molecule has 10 heavy (non-hydrogen) atoms. The highest BCUT2D eigenvalue weighted by atomic mass is 32.1. The Morgan fingerprint density at radius 2 is 2.40 bits per heavy atom. The van der Waals surface area contributed by atoms with Gasteiger partial charge in [-0.15, -0.1) is 5.10 Å². The molecule has 0 bridgehead atoms. The second-order valence-electron chi connectivity index (χ2n) is 1.80. The fourth-order valence-corrected chi connectivity index (χ4v) is 1.23. The van der Waals surface area contributed by atoms with Crippen LogP contribution in [0.1, 0.15) is 5.69 Å². The first-order valence-corrected chi connectivity index (χ1v) is 3.65. The monoisotopic (exact) mass is 150 g/mol. The summed E-state index contributed by atoms with van der Waals surface area (Å²) in [5.74, 6) is 0. The fraction of sp³-hybridized carbons (Fsp3) is 0. The van der Waals surface area contributed by atoms with Crippen LogP contribution < -0.4 is 5.43 Å². The Hall–Kier alpha value is -1.16. The van der Waals surface area contributed by atoms with Gasteiger partial charge in [0.25, 0.3) is 0 Å². The molecule has 0 atom stereocenters. The Kier molecular flexibility index (Phi) is 1.25. The van der Waals surface area contributed by atoms with E-state index < -0.39 is 0 Å². The van der Waals surface area contributed by atoms with Gasteiger partial charge in [-0.25, -0.2) is 0 Å². The zero-order valence-electron chi connectivity index (χ0n) is 5.06. The number of rotatable bonds is 1. The molecule has 0 N–H and O–H groups in total. The molecule has 0 amide bonds. The molecule has 1 radical (unpaired) electrons. The Morgan fingerprint density at radius 3 is 3.00 bits per heavy atom. The maximum Gasteiger partial charge on any atom is 0.114 e. The summed E-state index contributed by atoms with van der Waals surface area (Å²) >= 11 is 1.42. The Morgan fingerprint density at radius 1 is 1.40 bits per heavy atom. The zero-order valence-corrected chi connectivity index (χ0v) is 5.88. The number of aromatic nitrogens is 1. The van der Waals surface area contributed by atoms with Gasteiger partial charge in [-0.1, -0.05) is 0 Å². The third-order valence-corrected chi connectivity index (χ3v) is 1.72. The summed E-state index contributed by atoms with van der Waals surface area (Å²) in [7, 11) is 0. The molecule has 0 fully saturated rings. The van der Waals surface area contributed by atoms with Crippen LogP contribution in [-0.2, 0) is 0 Å². The predicted octanol–water partition coefficient (Wildman–Crippen LogP) is 0.979. The molecule has 1 aromatic heterocycles. The molecule has 0 aromatic carbocycles. The van der Waals surface area contributed by atoms with Gasteiger partial charge in [-0.2, -0.15) is 9.80 Å². The molecule has 0 saturated heterocycles. The van der Waals surface area contributed by atoms with E-state index >= 15 is 0 Å². The van der Waals surface area contributed by atoms with E-state index in [4.69, 9.17) is 0 Å². The van der Waals surface area contributed by atoms with Gasteiger partial charge in [0.2, 0.25) is 0 Å². The van der Waals surface area contributed by atoms with Crippen molar-refractivity contribution in [1.82, 2.24) is 9.80 Å². The largest absolute Gasteiger partial charge is 0.191 e. The Balaban J connectivity index is 2.36. The van der Waals surface area contributed by atoms with Crippen molar-refractivity contribution in [3.05, 3.63) is 29.4 Å². The van der Waals surface area contributed by atoms with Crippen LogP contribution in [0.5, 0.6) is 0 Å². The van der Waals surface area contributed by atoms with Crippen LogP contribution in [-0.4, -0.2) is 10.1 Å². The summed E-state index contributed by atoms with van der Waals surface area (Å²) < 4.78 is 4.10. The summed E-state index contributed by atoms with van der Waals surface area (Å²) in [6, 6.07) is 1.93. The van der Waals surface area contributed by atoms with Crippen molar-refractivity contribution in [2.24, 2.45) is 5.10 Å². The molecule has 1 aliphatic heterocycles. The quantitative estimate of drug-likeness (QED) is 0.588. The Labute approximate surface area is 62.2 Å². The number of nitrogens with zero attached hydrogens (tertiary/aromatic N) is 3. The van der Waals surface area contributed by atoms with Gasteiger partial charge in [-0.05, 0) is 23.7 Å². The first-order valence-electron chi connectivity index (χ1n) is 2.82. The summed E-state index contributed by atoms with van der Waals surface area (Å²) in [4.78, 5) is 0. The van der Waals surface area contributed by atoms with Gasteiger partial charge in [0.15, 0.2) is 0 Å². The molecular formula is C6H4N3S. The molecule has 4 heteroatoms. The number of allylic oxidation sites excluding steroid dienone is 1. The highest BCUT2D eigenvalue weighted by Crippen LogP contribution is 2.05. The van der Waals surface area contributed by atoms with Crippen molar-refractivity contribution < 1.29 is 0 Å². The highest BCUT2D eigenvalue weighted by molar-refractivity contribution is 7.03. The van der Waals surface area contributed by atoms with Crippen molar-refractivity contribution >= 4 is 17.2 Å². The molecule has 0 spiro atoms. The molecule has 0 unspecified atom stereocenters. The predicted molar refractivity (Wildman–Crippen MR) is 39.9 cm³/mol. The van der Waals surface area contributed by atoms with E-state index in [1.807, 2.05) is 17.5 Å². The van der Waals surface area contributed by atoms with E-state index in [9.17, 15) is 0 Å². The zero-order chi connectivity index (χ0) is 6.81. The minimum Gasteiger partial charge on any atom is -0.191 e. The van der Waals surface area contributed by atoms with Crippen LogP contribution >= 0.6 is 11.5 Å². The van der Waals surface area contributed by atoms with Crippen molar-refractivity contribution in [1.29, 1.82) is 0 Å². The third-order valence-electron chi connectivity index (χ3n) is 1.16. The molecule has 49 valence electrons. The van der Waals surface area contributed by atoms with E-state index in [1.165, 1.54) is 11.5 Å². The van der Waals surface area contributed by atoms with Crippen molar-refractivity contribution in [3.8, 4) is 0 Å². The van der Waals surface area contributed by atoms with Crippen LogP contribution in [0.25, 0.3) is 0 Å². The van der Waals surface area contributed by atoms with Gasteiger partial charge >= 0.3 is 0 Å². The first-order chi connectivity index (χ1) is 4.97. The minimum atomic E-state index is 0.848. The average molecular weight is 150 g/mol. The lowest BCUT2D eigenvalue weighted by atomic mass is 10.3. The summed E-state index contributed by atoms with van der Waals surface area (Å²) in [6.07, 6.45) is 3.50. The van der Waals surface area contributed by atoms with Crippen LogP contribution in [0.4, 0.5) is 0 Å². The molecular weight excluding hydrogens is 146 g/mol. The fourth-order valence-electron chi connectivity index (χ4n) is 0.714. The van der Waals surface area contributed by atoms with Gasteiger partial charge in [0, 0.05) is 5.38 Å². The average Bonchev–Trinajstić information content (AvgIpc) is 2.59.